The van der Waals surface area contributed by atoms with Gasteiger partial charge in [-0.2, -0.15) is 0 Å². The molecule has 3 unspecified atom stereocenters. The zero-order valence-corrected chi connectivity index (χ0v) is 41.0. The molecule has 4 saturated heterocycles. The highest BCUT2D eigenvalue weighted by atomic mass is 16.5. The minimum Gasteiger partial charge on any atom is -0.507 e. The van der Waals surface area contributed by atoms with Gasteiger partial charge >= 0.3 is 0 Å². The van der Waals surface area contributed by atoms with E-state index in [2.05, 4.69) is 69.7 Å². The number of phenolic OH excluding ortho intramolecular Hbond substituents is 1. The highest BCUT2D eigenvalue weighted by Crippen LogP contribution is 2.36. The Morgan fingerprint density at radius 2 is 1.49 bits per heavy atom. The average molecular weight is 996 g/mol. The number of phenols is 1. The number of hydrogen-bond acceptors (Lipinski definition) is 17. The van der Waals surface area contributed by atoms with E-state index in [0.29, 0.717) is 42.3 Å². The lowest BCUT2D eigenvalue weighted by Crippen LogP contribution is -2.54. The van der Waals surface area contributed by atoms with Crippen molar-refractivity contribution in [1.82, 2.24) is 50.1 Å². The standard InChI is InChI=1S/C52H61N13O8/c1-34(72-44-11-4-9-39-48(44)52(71)65(51(39)70)42-16-17-46(67)54-50(42)69)41-33-64(58-56-41)22-18-47(68)62-29-25-60(26-30-62)20-6-19-59-23-27-61(28-24-59)35-12-14-36(15-13-35)63-21-5-7-37(32-63)73-45-31-40(55-57-49(45)53)38-8-2-3-10-43(38)66/h2-4,8-15,31,33-34,37,42,66H,5-7,16-30,32H2,1H3,(H2,53,57)(H,54,67,69). The SMILES string of the molecule is CC(Oc1cccc2c1C(=O)N(C1CCC(=O)NC1=O)C2=O)c1cn(CCC(=O)N2CCN(CCCN3CCN(c4ccc(N5CCCC(Oc6cc(-c7ccccc7O)nnc6N)C5)cc4)CC3)CC2)nn1. The van der Waals surface area contributed by atoms with E-state index in [1.54, 1.807) is 54.2 Å². The number of hydrogen-bond donors (Lipinski definition) is 3. The summed E-state index contributed by atoms with van der Waals surface area (Å²) in [6, 6.07) is 21.2. The van der Waals surface area contributed by atoms with Crippen molar-refractivity contribution in [2.75, 3.05) is 94.1 Å². The first-order valence-corrected chi connectivity index (χ1v) is 25.3. The minimum absolute atomic E-state index is 0.0281. The van der Waals surface area contributed by atoms with E-state index >= 15 is 0 Å². The number of rotatable bonds is 16. The van der Waals surface area contributed by atoms with Gasteiger partial charge in [-0.1, -0.05) is 23.4 Å². The Hall–Kier alpha value is -7.65. The number of fused-ring (bicyclic) bond motifs is 1. The second kappa shape index (κ2) is 21.6. The fourth-order valence-corrected chi connectivity index (χ4v) is 10.4. The molecule has 2 aromatic heterocycles. The van der Waals surface area contributed by atoms with E-state index < -0.39 is 35.8 Å². The molecule has 21 heteroatoms. The number of aromatic hydroxyl groups is 1. The molecule has 0 spiro atoms. The van der Waals surface area contributed by atoms with E-state index in [1.807, 2.05) is 11.0 Å². The summed E-state index contributed by atoms with van der Waals surface area (Å²) in [5.41, 5.74) is 10.3. The van der Waals surface area contributed by atoms with Gasteiger partial charge in [0, 0.05) is 94.7 Å². The largest absolute Gasteiger partial charge is 0.507 e. The number of aryl methyl sites for hydroxylation is 1. The fraction of sp³-hybridized carbons (Fsp3) is 0.442. The molecule has 10 rings (SSSR count). The van der Waals surface area contributed by atoms with Crippen molar-refractivity contribution in [2.24, 2.45) is 0 Å². The highest BCUT2D eigenvalue weighted by Gasteiger charge is 2.46. The second-order valence-corrected chi connectivity index (χ2v) is 19.3. The third-order valence-electron chi connectivity index (χ3n) is 14.5. The number of carbonyl (C=O) groups excluding carboxylic acids is 5. The third-order valence-corrected chi connectivity index (χ3v) is 14.5. The van der Waals surface area contributed by atoms with Gasteiger partial charge in [-0.15, -0.1) is 15.3 Å². The maximum atomic E-state index is 13.5. The van der Waals surface area contributed by atoms with Gasteiger partial charge in [0.2, 0.25) is 17.7 Å². The number of anilines is 3. The van der Waals surface area contributed by atoms with Crippen molar-refractivity contribution < 1.29 is 38.6 Å². The van der Waals surface area contributed by atoms with E-state index in [1.165, 1.54) is 11.8 Å². The molecule has 5 aliphatic rings. The molecular weight excluding hydrogens is 935 g/mol. The van der Waals surface area contributed by atoms with Crippen LogP contribution in [0.3, 0.4) is 0 Å². The molecule has 0 radical (unpaired) electrons. The molecule has 0 saturated carbocycles. The van der Waals surface area contributed by atoms with E-state index in [-0.39, 0.29) is 59.7 Å². The van der Waals surface area contributed by atoms with Crippen LogP contribution in [0.5, 0.6) is 17.2 Å². The summed E-state index contributed by atoms with van der Waals surface area (Å²) in [6.07, 6.45) is 4.30. The van der Waals surface area contributed by atoms with Crippen molar-refractivity contribution >= 4 is 46.7 Å². The minimum atomic E-state index is -1.08. The number of nitrogens with one attached hydrogen (secondary N) is 1. The zero-order chi connectivity index (χ0) is 50.6. The number of nitrogen functional groups attached to an aromatic ring is 1. The Labute approximate surface area is 422 Å². The summed E-state index contributed by atoms with van der Waals surface area (Å²) in [5.74, 6) is -1.33. The van der Waals surface area contributed by atoms with Crippen LogP contribution in [0.1, 0.15) is 78.0 Å². The maximum Gasteiger partial charge on any atom is 0.266 e. The number of carbonyl (C=O) groups is 5. The topological polar surface area (TPSA) is 238 Å². The maximum absolute atomic E-state index is 13.5. The Morgan fingerprint density at radius 3 is 2.23 bits per heavy atom. The molecule has 382 valence electrons. The van der Waals surface area contributed by atoms with Gasteiger partial charge in [0.1, 0.15) is 41.1 Å². The molecular formula is C52H61N13O8. The monoisotopic (exact) mass is 995 g/mol. The van der Waals surface area contributed by atoms with Crippen LogP contribution in [0.25, 0.3) is 11.3 Å². The summed E-state index contributed by atoms with van der Waals surface area (Å²) < 4.78 is 14.2. The number of aromatic nitrogens is 5. The molecule has 73 heavy (non-hydrogen) atoms. The smallest absolute Gasteiger partial charge is 0.266 e. The number of nitrogens with two attached hydrogens (primary N) is 1. The summed E-state index contributed by atoms with van der Waals surface area (Å²) in [7, 11) is 0. The van der Waals surface area contributed by atoms with Crippen LogP contribution in [-0.4, -0.2) is 170 Å². The molecule has 4 N–H and O–H groups in total. The van der Waals surface area contributed by atoms with E-state index in [9.17, 15) is 29.1 Å². The van der Waals surface area contributed by atoms with Crippen molar-refractivity contribution in [3.05, 3.63) is 95.8 Å². The Morgan fingerprint density at radius 1 is 0.781 bits per heavy atom. The van der Waals surface area contributed by atoms with Crippen LogP contribution in [0.4, 0.5) is 17.2 Å². The third kappa shape index (κ3) is 10.9. The van der Waals surface area contributed by atoms with Gasteiger partial charge in [-0.25, -0.2) is 0 Å². The molecule has 21 nitrogen and oxygen atoms in total. The van der Waals surface area contributed by atoms with Gasteiger partial charge in [0.05, 0.1) is 30.4 Å². The first-order chi connectivity index (χ1) is 35.4. The average Bonchev–Trinajstić information content (AvgIpc) is 3.99. The summed E-state index contributed by atoms with van der Waals surface area (Å²) in [4.78, 5) is 76.9. The fourth-order valence-electron chi connectivity index (χ4n) is 10.4. The lowest BCUT2D eigenvalue weighted by molar-refractivity contribution is -0.136. The second-order valence-electron chi connectivity index (χ2n) is 19.3. The summed E-state index contributed by atoms with van der Waals surface area (Å²) in [6.45, 7) is 12.8. The van der Waals surface area contributed by atoms with Crippen molar-refractivity contribution in [2.45, 2.75) is 70.2 Å². The van der Waals surface area contributed by atoms with Crippen LogP contribution in [0.15, 0.2) is 79.0 Å². The molecule has 0 bridgehead atoms. The molecule has 3 aromatic carbocycles. The quantitative estimate of drug-likeness (QED) is 0.120. The van der Waals surface area contributed by atoms with Crippen LogP contribution >= 0.6 is 0 Å². The van der Waals surface area contributed by atoms with Gasteiger partial charge in [0.25, 0.3) is 11.8 Å². The number of amides is 5. The van der Waals surface area contributed by atoms with Gasteiger partial charge in [0.15, 0.2) is 11.6 Å². The number of ether oxygens (including phenoxy) is 2. The number of imide groups is 2. The predicted octanol–water partition coefficient (Wildman–Crippen LogP) is 3.36. The van der Waals surface area contributed by atoms with Gasteiger partial charge in [-0.3, -0.25) is 48.7 Å². The van der Waals surface area contributed by atoms with Gasteiger partial charge in [-0.05, 0) is 94.2 Å². The zero-order valence-electron chi connectivity index (χ0n) is 41.0. The Balaban J connectivity index is 0.614. The van der Waals surface area contributed by atoms with Crippen molar-refractivity contribution in [3.63, 3.8) is 0 Å². The first-order valence-electron chi connectivity index (χ1n) is 25.3. The molecule has 5 amide bonds. The van der Waals surface area contributed by atoms with Crippen molar-refractivity contribution in [1.29, 1.82) is 0 Å². The molecule has 5 aromatic rings. The summed E-state index contributed by atoms with van der Waals surface area (Å²) in [5, 5.41) is 29.3. The van der Waals surface area contributed by atoms with Crippen LogP contribution < -0.4 is 30.3 Å². The predicted molar refractivity (Wildman–Crippen MR) is 269 cm³/mol. The molecule has 0 aliphatic carbocycles. The normalized spacial score (nSPS) is 20.3. The molecule has 5 aliphatic heterocycles. The van der Waals surface area contributed by atoms with Crippen LogP contribution in [0, 0.1) is 0 Å². The highest BCUT2D eigenvalue weighted by molar-refractivity contribution is 6.24. The molecule has 3 atom stereocenters. The number of piperazine rings is 2. The van der Waals surface area contributed by atoms with E-state index in [4.69, 9.17) is 15.2 Å². The lowest BCUT2D eigenvalue weighted by Gasteiger charge is -2.38. The molecule has 7 heterocycles. The number of benzene rings is 3. The van der Waals surface area contributed by atoms with Crippen molar-refractivity contribution in [3.8, 4) is 28.5 Å². The first kappa shape index (κ1) is 49.0. The lowest BCUT2D eigenvalue weighted by atomic mass is 10.0. The summed E-state index contributed by atoms with van der Waals surface area (Å²) >= 11 is 0. The Kier molecular flexibility index (Phi) is 14.5. The molecule has 4 fully saturated rings. The van der Waals surface area contributed by atoms with Gasteiger partial charge < -0.3 is 35.0 Å². The van der Waals surface area contributed by atoms with E-state index in [0.717, 1.165) is 95.3 Å². The Bertz CT molecular complexity index is 2840. The number of piperidine rings is 2. The van der Waals surface area contributed by atoms with Crippen LogP contribution in [0.2, 0.25) is 0 Å². The number of para-hydroxylation sites is 1. The van der Waals surface area contributed by atoms with Crippen LogP contribution in [-0.2, 0) is 20.9 Å². The number of nitrogens with zero attached hydrogens (tertiary/aromatic N) is 11.